The van der Waals surface area contributed by atoms with Crippen molar-refractivity contribution < 1.29 is 14.0 Å². The van der Waals surface area contributed by atoms with E-state index in [4.69, 9.17) is 0 Å². The zero-order chi connectivity index (χ0) is 20.3. The van der Waals surface area contributed by atoms with Gasteiger partial charge >= 0.3 is 0 Å². The van der Waals surface area contributed by atoms with Gasteiger partial charge in [0, 0.05) is 34.6 Å². The Bertz CT molecular complexity index is 1110. The first-order valence-corrected chi connectivity index (χ1v) is 9.15. The molecule has 1 atom stereocenters. The Kier molecular flexibility index (Phi) is 5.81. The maximum Gasteiger partial charge on any atom is 0.211 e. The summed E-state index contributed by atoms with van der Waals surface area (Å²) < 4.78 is 14.0. The number of aromatic amines is 1. The highest BCUT2D eigenvalue weighted by atomic mass is 31.0. The lowest BCUT2D eigenvalue weighted by molar-refractivity contribution is -0.105. The molecule has 0 saturated carbocycles. The van der Waals surface area contributed by atoms with Crippen LogP contribution >= 0.6 is 9.24 Å². The molecule has 0 aliphatic heterocycles. The van der Waals surface area contributed by atoms with E-state index in [2.05, 4.69) is 24.5 Å². The second kappa shape index (κ2) is 8.28. The van der Waals surface area contributed by atoms with E-state index in [-0.39, 0.29) is 5.57 Å². The number of nitrogens with zero attached hydrogens (tertiary/aromatic N) is 1. The zero-order valence-corrected chi connectivity index (χ0v) is 16.6. The highest BCUT2D eigenvalue weighted by Crippen LogP contribution is 2.30. The fraction of sp³-hybridized carbons (Fsp3) is 0.0952. The highest BCUT2D eigenvalue weighted by Gasteiger charge is 2.21. The van der Waals surface area contributed by atoms with Gasteiger partial charge in [0.25, 0.3) is 0 Å². The first-order chi connectivity index (χ1) is 13.5. The molecule has 3 aromatic rings. The van der Waals surface area contributed by atoms with Crippen LogP contribution < -0.4 is 5.32 Å². The van der Waals surface area contributed by atoms with Crippen LogP contribution in [-0.2, 0) is 4.79 Å². The summed E-state index contributed by atoms with van der Waals surface area (Å²) in [7, 11) is 2.40. The van der Waals surface area contributed by atoms with Gasteiger partial charge in [0.05, 0.1) is 5.57 Å². The Morgan fingerprint density at radius 1 is 1.25 bits per heavy atom. The summed E-state index contributed by atoms with van der Waals surface area (Å²) in [5.41, 5.74) is 3.30. The fourth-order valence-electron chi connectivity index (χ4n) is 2.94. The minimum atomic E-state index is -0.537. The number of carbonyl (C=O) groups excluding carboxylic acids is 2. The van der Waals surface area contributed by atoms with Crippen LogP contribution in [0.25, 0.3) is 22.2 Å². The fourth-order valence-corrected chi connectivity index (χ4v) is 3.27. The van der Waals surface area contributed by atoms with Crippen LogP contribution in [0.5, 0.6) is 0 Å². The molecular formula is C21H19FN3O2P. The van der Waals surface area contributed by atoms with Crippen LogP contribution in [0.1, 0.15) is 24.2 Å². The average Bonchev–Trinajstić information content (AvgIpc) is 3.11. The van der Waals surface area contributed by atoms with Crippen LogP contribution in [0.15, 0.2) is 65.5 Å². The molecule has 28 heavy (non-hydrogen) atoms. The molecule has 0 radical (unpaired) electrons. The standard InChI is InChI=1S/C21H19FN3O2P/c1-3-18(28)19(12(2)22)20(27)17-10-24-21-16(17)8-14(9-23-21)13-4-6-15(7-5-13)25-11-26/h3-11H,28H2,1-2H3,(H,23,24)(H,25,26)/b18-3+,19-12-. The van der Waals surface area contributed by atoms with Crippen LogP contribution in [0.2, 0.25) is 0 Å². The van der Waals surface area contributed by atoms with Crippen molar-refractivity contribution in [1.29, 1.82) is 0 Å². The number of pyridine rings is 1. The minimum Gasteiger partial charge on any atom is -0.345 e. The van der Waals surface area contributed by atoms with Crippen molar-refractivity contribution in [1.82, 2.24) is 9.97 Å². The van der Waals surface area contributed by atoms with E-state index < -0.39 is 11.6 Å². The predicted octanol–water partition coefficient (Wildman–Crippen LogP) is 5.00. The van der Waals surface area contributed by atoms with Gasteiger partial charge in [-0.05, 0) is 42.9 Å². The van der Waals surface area contributed by atoms with Crippen molar-refractivity contribution >= 4 is 38.2 Å². The number of aromatic nitrogens is 2. The molecule has 0 spiro atoms. The van der Waals surface area contributed by atoms with E-state index in [1.165, 1.54) is 6.92 Å². The highest BCUT2D eigenvalue weighted by molar-refractivity contribution is 7.23. The lowest BCUT2D eigenvalue weighted by Crippen LogP contribution is -2.04. The number of nitrogens with one attached hydrogen (secondary N) is 2. The van der Waals surface area contributed by atoms with Crippen molar-refractivity contribution in [3.05, 3.63) is 71.1 Å². The van der Waals surface area contributed by atoms with Gasteiger partial charge in [-0.3, -0.25) is 9.59 Å². The third-order valence-corrected chi connectivity index (χ3v) is 5.01. The van der Waals surface area contributed by atoms with Crippen molar-refractivity contribution in [2.45, 2.75) is 13.8 Å². The lowest BCUT2D eigenvalue weighted by atomic mass is 10.00. The second-order valence-electron chi connectivity index (χ2n) is 6.14. The third-order valence-electron chi connectivity index (χ3n) is 4.39. The van der Waals surface area contributed by atoms with Gasteiger partial charge in [0.15, 0.2) is 5.78 Å². The number of allylic oxidation sites excluding steroid dienone is 4. The van der Waals surface area contributed by atoms with Crippen molar-refractivity contribution in [2.24, 2.45) is 0 Å². The number of Topliss-reactive ketones (excluding diaryl/α,β-unsaturated/α-hetero) is 1. The molecule has 142 valence electrons. The van der Waals surface area contributed by atoms with Gasteiger partial charge in [-0.1, -0.05) is 18.2 Å². The number of hydrogen-bond donors (Lipinski definition) is 2. The Balaban J connectivity index is 2.07. The van der Waals surface area contributed by atoms with E-state index in [9.17, 15) is 14.0 Å². The molecule has 0 bridgehead atoms. The smallest absolute Gasteiger partial charge is 0.211 e. The van der Waals surface area contributed by atoms with Gasteiger partial charge in [0.2, 0.25) is 6.41 Å². The summed E-state index contributed by atoms with van der Waals surface area (Å²) in [5.74, 6) is -0.941. The Labute approximate surface area is 164 Å². The maximum absolute atomic E-state index is 14.0. The molecule has 0 saturated heterocycles. The summed E-state index contributed by atoms with van der Waals surface area (Å²) in [5, 5.41) is 3.70. The van der Waals surface area contributed by atoms with E-state index in [1.807, 2.05) is 18.2 Å². The minimum absolute atomic E-state index is 0.0306. The number of rotatable bonds is 6. The molecule has 1 unspecified atom stereocenters. The second-order valence-corrected chi connectivity index (χ2v) is 6.77. The average molecular weight is 395 g/mol. The van der Waals surface area contributed by atoms with Crippen molar-refractivity contribution in [2.75, 3.05) is 5.32 Å². The Hall–Kier alpha value is -3.11. The van der Waals surface area contributed by atoms with Crippen LogP contribution in [0.4, 0.5) is 10.1 Å². The zero-order valence-electron chi connectivity index (χ0n) is 15.4. The normalized spacial score (nSPS) is 12.6. The van der Waals surface area contributed by atoms with Crippen molar-refractivity contribution in [3.63, 3.8) is 0 Å². The predicted molar refractivity (Wildman–Crippen MR) is 113 cm³/mol. The number of benzene rings is 1. The van der Waals surface area contributed by atoms with Crippen LogP contribution in [0.3, 0.4) is 0 Å². The Morgan fingerprint density at radius 3 is 2.57 bits per heavy atom. The molecule has 0 aliphatic carbocycles. The van der Waals surface area contributed by atoms with Gasteiger partial charge in [-0.15, -0.1) is 9.24 Å². The SMILES string of the molecule is C/C=C(P)\C(C(=O)c1c[nH]c2ncc(-c3ccc(NC=O)cc3)cc12)=C(/C)F. The monoisotopic (exact) mass is 395 g/mol. The summed E-state index contributed by atoms with van der Waals surface area (Å²) in [6.45, 7) is 3.02. The molecule has 3 rings (SSSR count). The van der Waals surface area contributed by atoms with Gasteiger partial charge in [-0.2, -0.15) is 0 Å². The molecule has 2 heterocycles. The molecule has 2 N–H and O–H groups in total. The number of anilines is 1. The Morgan fingerprint density at radius 2 is 1.96 bits per heavy atom. The molecule has 0 aliphatic rings. The molecule has 0 fully saturated rings. The molecule has 1 amide bonds. The molecule has 5 nitrogen and oxygen atoms in total. The summed E-state index contributed by atoms with van der Waals surface area (Å²) in [4.78, 5) is 30.9. The molecule has 1 aromatic carbocycles. The number of halogens is 1. The molecular weight excluding hydrogens is 376 g/mol. The van der Waals surface area contributed by atoms with Crippen LogP contribution in [0, 0.1) is 0 Å². The quantitative estimate of drug-likeness (QED) is 0.203. The van der Waals surface area contributed by atoms with E-state index in [0.717, 1.165) is 11.1 Å². The van der Waals surface area contributed by atoms with E-state index >= 15 is 0 Å². The van der Waals surface area contributed by atoms with Crippen LogP contribution in [-0.4, -0.2) is 22.2 Å². The number of hydrogen-bond acceptors (Lipinski definition) is 3. The maximum atomic E-state index is 14.0. The van der Waals surface area contributed by atoms with Gasteiger partial charge in [-0.25, -0.2) is 9.37 Å². The first kappa shape index (κ1) is 19.6. The summed E-state index contributed by atoms with van der Waals surface area (Å²) >= 11 is 0. The summed E-state index contributed by atoms with van der Waals surface area (Å²) in [6, 6.07) is 9.09. The first-order valence-electron chi connectivity index (χ1n) is 8.57. The summed E-state index contributed by atoms with van der Waals surface area (Å²) in [6.07, 6.45) is 5.54. The van der Waals surface area contributed by atoms with Crippen molar-refractivity contribution in [3.8, 4) is 11.1 Å². The van der Waals surface area contributed by atoms with Gasteiger partial charge in [0.1, 0.15) is 11.5 Å². The largest absolute Gasteiger partial charge is 0.345 e. The number of H-pyrrole nitrogens is 1. The number of amides is 1. The number of carbonyl (C=O) groups is 2. The van der Waals surface area contributed by atoms with E-state index in [0.29, 0.717) is 34.0 Å². The third kappa shape index (κ3) is 3.78. The van der Waals surface area contributed by atoms with Gasteiger partial charge < -0.3 is 10.3 Å². The number of ketones is 1. The van der Waals surface area contributed by atoms with E-state index in [1.54, 1.807) is 37.5 Å². The lowest BCUT2D eigenvalue weighted by Gasteiger charge is -2.07. The molecule has 7 heteroatoms. The molecule has 2 aromatic heterocycles. The number of fused-ring (bicyclic) bond motifs is 1. The topological polar surface area (TPSA) is 74.8 Å².